The Morgan fingerprint density at radius 2 is 2.06 bits per heavy atom. The molecule has 4 rings (SSSR count). The normalized spacial score (nSPS) is 24.1. The van der Waals surface area contributed by atoms with E-state index in [2.05, 4.69) is 33.4 Å². The van der Waals surface area contributed by atoms with Gasteiger partial charge in [-0.3, -0.25) is 4.79 Å². The smallest absolute Gasteiger partial charge is 0.244 e. The summed E-state index contributed by atoms with van der Waals surface area (Å²) < 4.78 is 12.6. The minimum absolute atomic E-state index is 0.0302. The van der Waals surface area contributed by atoms with Gasteiger partial charge in [0.2, 0.25) is 5.91 Å². The summed E-state index contributed by atoms with van der Waals surface area (Å²) in [6.07, 6.45) is 6.39. The van der Waals surface area contributed by atoms with Gasteiger partial charge in [-0.1, -0.05) is 43.5 Å². The molecule has 2 saturated carbocycles. The summed E-state index contributed by atoms with van der Waals surface area (Å²) in [7, 11) is 0. The van der Waals surface area contributed by atoms with Gasteiger partial charge in [0.15, 0.2) is 11.5 Å². The summed E-state index contributed by atoms with van der Waals surface area (Å²) in [5.74, 6) is 1.88. The summed E-state index contributed by atoms with van der Waals surface area (Å²) in [4.78, 5) is 12.6. The van der Waals surface area contributed by atoms with Crippen LogP contribution in [-0.4, -0.2) is 18.7 Å². The van der Waals surface area contributed by atoms with Crippen LogP contribution in [0.3, 0.4) is 0 Å². The maximum absolute atomic E-state index is 12.6. The van der Waals surface area contributed by atoms with Crippen LogP contribution in [0.4, 0.5) is 0 Å². The van der Waals surface area contributed by atoms with Gasteiger partial charge in [0.1, 0.15) is 6.61 Å². The number of nitrogens with one attached hydrogen (secondary N) is 1. The van der Waals surface area contributed by atoms with Crippen LogP contribution in [-0.2, 0) is 11.4 Å². The minimum Gasteiger partial charge on any atom is -0.490 e. The van der Waals surface area contributed by atoms with Crippen molar-refractivity contribution in [3.05, 3.63) is 57.0 Å². The molecule has 0 heterocycles. The summed E-state index contributed by atoms with van der Waals surface area (Å²) >= 11 is 9.53. The molecule has 1 amide bonds. The van der Waals surface area contributed by atoms with Crippen molar-refractivity contribution in [2.75, 3.05) is 6.61 Å². The van der Waals surface area contributed by atoms with Crippen molar-refractivity contribution < 1.29 is 14.3 Å². The molecular weight excluding hydrogens is 492 g/mol. The summed E-state index contributed by atoms with van der Waals surface area (Å²) in [6.45, 7) is 5.05. The number of hydrogen-bond donors (Lipinski definition) is 1. The van der Waals surface area contributed by atoms with E-state index >= 15 is 0 Å². The maximum atomic E-state index is 12.6. The second-order valence-corrected chi connectivity index (χ2v) is 10.0. The van der Waals surface area contributed by atoms with Crippen molar-refractivity contribution in [2.24, 2.45) is 22.4 Å². The second kappa shape index (κ2) is 9.84. The third-order valence-corrected chi connectivity index (χ3v) is 7.47. The lowest BCUT2D eigenvalue weighted by Gasteiger charge is -2.15. The number of rotatable bonds is 8. The number of amides is 1. The summed E-state index contributed by atoms with van der Waals surface area (Å²) in [6, 6.07) is 11.3. The number of hydrazone groups is 1. The molecule has 5 nitrogen and oxygen atoms in total. The molecule has 32 heavy (non-hydrogen) atoms. The molecule has 1 N–H and O–H groups in total. The molecule has 2 aliphatic carbocycles. The first-order valence-electron chi connectivity index (χ1n) is 11.1. The molecule has 3 atom stereocenters. The molecule has 0 radical (unpaired) electrons. The molecule has 0 aliphatic heterocycles. The van der Waals surface area contributed by atoms with Gasteiger partial charge in [-0.05, 0) is 82.4 Å². The largest absolute Gasteiger partial charge is 0.490 e. The number of nitrogens with zero attached hydrogens (tertiary/aromatic N) is 1. The second-order valence-electron chi connectivity index (χ2n) is 8.75. The Balaban J connectivity index is 1.41. The quantitative estimate of drug-likeness (QED) is 0.326. The highest BCUT2D eigenvalue weighted by Crippen LogP contribution is 2.66. The molecule has 0 aromatic heterocycles. The van der Waals surface area contributed by atoms with E-state index in [1.165, 1.54) is 12.8 Å². The van der Waals surface area contributed by atoms with Crippen LogP contribution in [0.5, 0.6) is 11.5 Å². The van der Waals surface area contributed by atoms with Crippen molar-refractivity contribution in [3.63, 3.8) is 0 Å². The van der Waals surface area contributed by atoms with E-state index in [1.54, 1.807) is 6.21 Å². The zero-order valence-electron chi connectivity index (χ0n) is 18.4. The van der Waals surface area contributed by atoms with Crippen LogP contribution in [0.1, 0.15) is 50.7 Å². The molecule has 2 aromatic carbocycles. The van der Waals surface area contributed by atoms with E-state index in [4.69, 9.17) is 21.1 Å². The monoisotopic (exact) mass is 518 g/mol. The zero-order valence-corrected chi connectivity index (χ0v) is 20.7. The van der Waals surface area contributed by atoms with Gasteiger partial charge in [-0.15, -0.1) is 0 Å². The minimum atomic E-state index is 0.0302. The Morgan fingerprint density at radius 1 is 1.28 bits per heavy atom. The summed E-state index contributed by atoms with van der Waals surface area (Å²) in [5.41, 5.74) is 4.73. The van der Waals surface area contributed by atoms with E-state index < -0.39 is 0 Å². The van der Waals surface area contributed by atoms with Crippen molar-refractivity contribution in [1.29, 1.82) is 0 Å². The van der Waals surface area contributed by atoms with Crippen molar-refractivity contribution >= 4 is 39.7 Å². The Bertz CT molecular complexity index is 1010. The van der Waals surface area contributed by atoms with Crippen LogP contribution < -0.4 is 14.9 Å². The lowest BCUT2D eigenvalue weighted by molar-refractivity contribution is -0.123. The maximum Gasteiger partial charge on any atom is 0.244 e. The van der Waals surface area contributed by atoms with Crippen molar-refractivity contribution in [2.45, 2.75) is 46.1 Å². The first-order chi connectivity index (χ1) is 15.4. The van der Waals surface area contributed by atoms with Gasteiger partial charge in [-0.25, -0.2) is 5.43 Å². The van der Waals surface area contributed by atoms with Gasteiger partial charge in [0, 0.05) is 10.9 Å². The molecular formula is C25H28BrClN2O3. The van der Waals surface area contributed by atoms with Crippen molar-refractivity contribution in [1.82, 2.24) is 5.43 Å². The number of benzene rings is 2. The zero-order chi connectivity index (χ0) is 22.7. The molecule has 0 bridgehead atoms. The average molecular weight is 520 g/mol. The van der Waals surface area contributed by atoms with Crippen LogP contribution in [0.25, 0.3) is 0 Å². The molecule has 0 spiro atoms. The van der Waals surface area contributed by atoms with Crippen LogP contribution >= 0.6 is 27.5 Å². The lowest BCUT2D eigenvalue weighted by Crippen LogP contribution is -2.22. The number of halogens is 2. The van der Waals surface area contributed by atoms with Gasteiger partial charge in [0.05, 0.1) is 17.3 Å². The number of carbonyl (C=O) groups is 1. The van der Waals surface area contributed by atoms with E-state index in [-0.39, 0.29) is 17.2 Å². The van der Waals surface area contributed by atoms with Crippen LogP contribution in [0.2, 0.25) is 5.02 Å². The van der Waals surface area contributed by atoms with Crippen LogP contribution in [0, 0.1) is 17.3 Å². The SMILES string of the molecule is CCOc1cc(/C=N\NC(=O)[C@@H]2[C@H]3CCCC[C@]32C)cc(Br)c1OCc1ccc(Cl)cc1. The number of carbonyl (C=O) groups excluding carboxylic acids is 1. The van der Waals surface area contributed by atoms with Gasteiger partial charge >= 0.3 is 0 Å². The average Bonchev–Trinajstić information content (AvgIpc) is 3.40. The van der Waals surface area contributed by atoms with Gasteiger partial charge < -0.3 is 9.47 Å². The fraction of sp³-hybridized carbons (Fsp3) is 0.440. The number of hydrogen-bond acceptors (Lipinski definition) is 4. The molecule has 7 heteroatoms. The van der Waals surface area contributed by atoms with Crippen LogP contribution in [0.15, 0.2) is 46.0 Å². The van der Waals surface area contributed by atoms with E-state index in [9.17, 15) is 4.79 Å². The highest BCUT2D eigenvalue weighted by atomic mass is 79.9. The predicted molar refractivity (Wildman–Crippen MR) is 130 cm³/mol. The molecule has 2 aliphatic rings. The molecule has 170 valence electrons. The Labute approximate surface area is 202 Å². The van der Waals surface area contributed by atoms with E-state index in [0.717, 1.165) is 28.4 Å². The summed E-state index contributed by atoms with van der Waals surface area (Å²) in [5, 5.41) is 4.90. The third kappa shape index (κ3) is 4.96. The van der Waals surface area contributed by atoms with E-state index in [0.29, 0.717) is 35.7 Å². The fourth-order valence-electron chi connectivity index (χ4n) is 4.89. The Kier molecular flexibility index (Phi) is 7.11. The Morgan fingerprint density at radius 3 is 2.75 bits per heavy atom. The van der Waals surface area contributed by atoms with E-state index in [1.807, 2.05) is 43.3 Å². The highest BCUT2D eigenvalue weighted by molar-refractivity contribution is 9.10. The topological polar surface area (TPSA) is 59.9 Å². The standard InChI is InChI=1S/C25H28BrClN2O3/c1-3-31-21-13-17(12-20(26)23(21)32-15-16-7-9-18(27)10-8-16)14-28-29-24(30)22-19-6-4-5-11-25(19,22)2/h7-10,12-14,19,22H,3-6,11,15H2,1-2H3,(H,29,30)/b28-14-/t19-,22+,25-/m1/s1. The third-order valence-electron chi connectivity index (χ3n) is 6.63. The number of ether oxygens (including phenoxy) is 2. The Hall–Kier alpha value is -2.05. The predicted octanol–water partition coefficient (Wildman–Crippen LogP) is 6.36. The van der Waals surface area contributed by atoms with Gasteiger partial charge in [-0.2, -0.15) is 5.10 Å². The molecule has 0 unspecified atom stereocenters. The lowest BCUT2D eigenvalue weighted by atomic mass is 9.90. The van der Waals surface area contributed by atoms with Crippen molar-refractivity contribution in [3.8, 4) is 11.5 Å². The number of fused-ring (bicyclic) bond motifs is 1. The highest BCUT2D eigenvalue weighted by Gasteiger charge is 2.64. The molecule has 2 aromatic rings. The fourth-order valence-corrected chi connectivity index (χ4v) is 5.59. The first-order valence-corrected chi connectivity index (χ1v) is 12.3. The molecule has 2 fully saturated rings. The molecule has 0 saturated heterocycles. The first kappa shape index (κ1) is 23.1. The van der Waals surface area contributed by atoms with Gasteiger partial charge in [0.25, 0.3) is 0 Å².